The molecule has 0 aromatic heterocycles. The molecule has 1 heterocycles. The van der Waals surface area contributed by atoms with Gasteiger partial charge in [-0.2, -0.15) is 0 Å². The molecule has 0 radical (unpaired) electrons. The Labute approximate surface area is 113 Å². The molecule has 0 bridgehead atoms. The van der Waals surface area contributed by atoms with E-state index in [2.05, 4.69) is 22.6 Å². The molecule has 1 N–H and O–H groups in total. The zero-order valence-corrected chi connectivity index (χ0v) is 11.4. The van der Waals surface area contributed by atoms with Crippen LogP contribution in [0.3, 0.4) is 0 Å². The van der Waals surface area contributed by atoms with Gasteiger partial charge in [0.1, 0.15) is 0 Å². The van der Waals surface area contributed by atoms with Gasteiger partial charge in [-0.1, -0.05) is 11.6 Å². The highest BCUT2D eigenvalue weighted by Gasteiger charge is 2.30. The van der Waals surface area contributed by atoms with Crippen LogP contribution in [0.25, 0.3) is 0 Å². The van der Waals surface area contributed by atoms with Crippen molar-refractivity contribution in [2.75, 3.05) is 18.1 Å². The average molecular weight is 352 g/mol. The molecule has 1 unspecified atom stereocenters. The maximum atomic E-state index is 11.7. The van der Waals surface area contributed by atoms with E-state index in [0.29, 0.717) is 18.0 Å². The van der Waals surface area contributed by atoms with E-state index in [1.54, 1.807) is 4.90 Å². The third-order valence-corrected chi connectivity index (χ3v) is 3.64. The average Bonchev–Trinajstić information content (AvgIpc) is 2.60. The number of aliphatic hydroxyl groups excluding tert-OH is 1. The van der Waals surface area contributed by atoms with E-state index in [1.165, 1.54) is 0 Å². The normalized spacial score (nSPS) is 20.6. The van der Waals surface area contributed by atoms with Gasteiger partial charge >= 0.3 is 0 Å². The smallest absolute Gasteiger partial charge is 0.227 e. The van der Waals surface area contributed by atoms with Crippen molar-refractivity contribution in [2.24, 2.45) is 5.92 Å². The largest absolute Gasteiger partial charge is 0.396 e. The Morgan fingerprint density at radius 3 is 2.88 bits per heavy atom. The molecule has 0 saturated carbocycles. The van der Waals surface area contributed by atoms with Crippen molar-refractivity contribution in [1.82, 2.24) is 0 Å². The first-order valence-electron chi connectivity index (χ1n) is 4.98. The zero-order valence-electron chi connectivity index (χ0n) is 8.49. The van der Waals surface area contributed by atoms with E-state index in [9.17, 15) is 4.79 Å². The van der Waals surface area contributed by atoms with Gasteiger partial charge in [-0.25, -0.2) is 0 Å². The molecule has 0 aliphatic carbocycles. The summed E-state index contributed by atoms with van der Waals surface area (Å²) in [5.74, 6) is 0.0602. The fourth-order valence-electron chi connectivity index (χ4n) is 1.84. The summed E-state index contributed by atoms with van der Waals surface area (Å²) in [7, 11) is 0. The minimum Gasteiger partial charge on any atom is -0.396 e. The van der Waals surface area contributed by atoms with Crippen molar-refractivity contribution in [3.05, 3.63) is 26.8 Å². The Morgan fingerprint density at radius 1 is 1.56 bits per heavy atom. The molecule has 1 aromatic carbocycles. The fourth-order valence-corrected chi connectivity index (χ4v) is 2.79. The van der Waals surface area contributed by atoms with Crippen molar-refractivity contribution in [1.29, 1.82) is 0 Å². The number of hydrogen-bond donors (Lipinski definition) is 1. The van der Waals surface area contributed by atoms with Gasteiger partial charge in [0.25, 0.3) is 0 Å². The monoisotopic (exact) mass is 351 g/mol. The lowest BCUT2D eigenvalue weighted by molar-refractivity contribution is -0.117. The minimum atomic E-state index is 0.0298. The topological polar surface area (TPSA) is 40.5 Å². The van der Waals surface area contributed by atoms with Crippen LogP contribution in [-0.2, 0) is 4.79 Å². The first-order chi connectivity index (χ1) is 7.61. The standard InChI is InChI=1S/C11H11ClINO2/c12-9-4-8(13)1-2-10(9)14-5-7(6-15)3-11(14)16/h1-2,4,7,15H,3,5-6H2. The summed E-state index contributed by atoms with van der Waals surface area (Å²) in [4.78, 5) is 13.4. The number of benzene rings is 1. The van der Waals surface area contributed by atoms with E-state index in [4.69, 9.17) is 16.7 Å². The molecule has 16 heavy (non-hydrogen) atoms. The molecule has 1 aliphatic heterocycles. The highest BCUT2D eigenvalue weighted by molar-refractivity contribution is 14.1. The third kappa shape index (κ3) is 2.33. The first-order valence-corrected chi connectivity index (χ1v) is 6.43. The number of carbonyl (C=O) groups is 1. The van der Waals surface area contributed by atoms with E-state index < -0.39 is 0 Å². The second kappa shape index (κ2) is 4.89. The van der Waals surface area contributed by atoms with E-state index >= 15 is 0 Å². The van der Waals surface area contributed by atoms with Gasteiger partial charge in [-0.05, 0) is 40.8 Å². The van der Waals surface area contributed by atoms with Crippen molar-refractivity contribution in [3.8, 4) is 0 Å². The van der Waals surface area contributed by atoms with Gasteiger partial charge in [0.2, 0.25) is 5.91 Å². The van der Waals surface area contributed by atoms with Gasteiger partial charge in [-0.3, -0.25) is 4.79 Å². The molecule has 2 rings (SSSR count). The van der Waals surface area contributed by atoms with E-state index in [1.807, 2.05) is 18.2 Å². The summed E-state index contributed by atoms with van der Waals surface area (Å²) < 4.78 is 1.04. The molecule has 3 nitrogen and oxygen atoms in total. The van der Waals surface area contributed by atoms with Crippen LogP contribution in [0.2, 0.25) is 5.02 Å². The Bertz CT molecular complexity index is 424. The number of halogens is 2. The number of carbonyl (C=O) groups excluding carboxylic acids is 1. The van der Waals surface area contributed by atoms with Gasteiger partial charge < -0.3 is 10.0 Å². The maximum Gasteiger partial charge on any atom is 0.227 e. The molecule has 1 aliphatic rings. The van der Waals surface area contributed by atoms with Gasteiger partial charge in [0.05, 0.1) is 10.7 Å². The van der Waals surface area contributed by atoms with Crippen LogP contribution in [0.1, 0.15) is 6.42 Å². The lowest BCUT2D eigenvalue weighted by Crippen LogP contribution is -2.25. The highest BCUT2D eigenvalue weighted by atomic mass is 127. The predicted octanol–water partition coefficient (Wildman–Crippen LogP) is 2.29. The second-order valence-corrected chi connectivity index (χ2v) is 5.51. The molecule has 1 aromatic rings. The van der Waals surface area contributed by atoms with Crippen LogP contribution in [0.15, 0.2) is 18.2 Å². The lowest BCUT2D eigenvalue weighted by Gasteiger charge is -2.18. The van der Waals surface area contributed by atoms with Crippen LogP contribution in [-0.4, -0.2) is 24.2 Å². The molecule has 1 saturated heterocycles. The molecule has 5 heteroatoms. The maximum absolute atomic E-state index is 11.7. The number of rotatable bonds is 2. The lowest BCUT2D eigenvalue weighted by atomic mass is 10.1. The molecular weight excluding hydrogens is 340 g/mol. The Kier molecular flexibility index (Phi) is 3.71. The number of amides is 1. The number of hydrogen-bond acceptors (Lipinski definition) is 2. The molecule has 0 spiro atoms. The summed E-state index contributed by atoms with van der Waals surface area (Å²) in [5.41, 5.74) is 0.739. The van der Waals surface area contributed by atoms with Crippen LogP contribution in [0.5, 0.6) is 0 Å². The number of anilines is 1. The Morgan fingerprint density at radius 2 is 2.31 bits per heavy atom. The quantitative estimate of drug-likeness (QED) is 0.831. The summed E-state index contributed by atoms with van der Waals surface area (Å²) in [5, 5.41) is 9.63. The van der Waals surface area contributed by atoms with Gasteiger partial charge in [-0.15, -0.1) is 0 Å². The highest BCUT2D eigenvalue weighted by Crippen LogP contribution is 2.32. The Hall–Kier alpha value is -0.330. The van der Waals surface area contributed by atoms with Crippen LogP contribution < -0.4 is 4.90 Å². The van der Waals surface area contributed by atoms with Crippen molar-refractivity contribution in [3.63, 3.8) is 0 Å². The first kappa shape index (κ1) is 12.1. The molecule has 1 amide bonds. The summed E-state index contributed by atoms with van der Waals surface area (Å²) in [6.45, 7) is 0.597. The summed E-state index contributed by atoms with van der Waals surface area (Å²) in [6.07, 6.45) is 0.402. The third-order valence-electron chi connectivity index (χ3n) is 2.66. The molecule has 1 atom stereocenters. The summed E-state index contributed by atoms with van der Waals surface area (Å²) in [6, 6.07) is 5.60. The second-order valence-electron chi connectivity index (χ2n) is 3.85. The molecule has 1 fully saturated rings. The van der Waals surface area contributed by atoms with Crippen LogP contribution in [0.4, 0.5) is 5.69 Å². The zero-order chi connectivity index (χ0) is 11.7. The van der Waals surface area contributed by atoms with E-state index in [0.717, 1.165) is 9.26 Å². The van der Waals surface area contributed by atoms with Crippen LogP contribution in [0, 0.1) is 9.49 Å². The fraction of sp³-hybridized carbons (Fsp3) is 0.364. The van der Waals surface area contributed by atoms with Crippen LogP contribution >= 0.6 is 34.2 Å². The van der Waals surface area contributed by atoms with Gasteiger partial charge in [0.15, 0.2) is 0 Å². The number of nitrogens with zero attached hydrogens (tertiary/aromatic N) is 1. The molecule has 86 valence electrons. The van der Waals surface area contributed by atoms with Crippen molar-refractivity contribution >= 4 is 45.8 Å². The SMILES string of the molecule is O=C1CC(CO)CN1c1ccc(I)cc1Cl. The Balaban J connectivity index is 2.28. The summed E-state index contributed by atoms with van der Waals surface area (Å²) >= 11 is 8.28. The molecular formula is C11H11ClINO2. The van der Waals surface area contributed by atoms with E-state index in [-0.39, 0.29) is 18.4 Å². The van der Waals surface area contributed by atoms with Gasteiger partial charge in [0, 0.05) is 29.1 Å². The van der Waals surface area contributed by atoms with Crippen molar-refractivity contribution in [2.45, 2.75) is 6.42 Å². The minimum absolute atomic E-state index is 0.0298. The predicted molar refractivity (Wildman–Crippen MR) is 71.7 cm³/mol. The van der Waals surface area contributed by atoms with Crippen molar-refractivity contribution < 1.29 is 9.90 Å². The number of aliphatic hydroxyl groups is 1.